The Morgan fingerprint density at radius 3 is 2.19 bits per heavy atom. The fourth-order valence-corrected chi connectivity index (χ4v) is 3.27. The van der Waals surface area contributed by atoms with E-state index in [-0.39, 0.29) is 11.1 Å². The van der Waals surface area contributed by atoms with Gasteiger partial charge in [0.25, 0.3) is 0 Å². The molecule has 1 aliphatic rings. The fraction of sp³-hybridized carbons (Fsp3) is 0.600. The monoisotopic (exact) mass is 364 g/mol. The van der Waals surface area contributed by atoms with Crippen LogP contribution in [-0.2, 0) is 20.7 Å². The van der Waals surface area contributed by atoms with E-state index in [2.05, 4.69) is 67.7 Å². The number of hydrogen-bond acceptors (Lipinski definition) is 5. The molecule has 0 spiro atoms. The van der Waals surface area contributed by atoms with Crippen molar-refractivity contribution in [2.24, 2.45) is 0 Å². The summed E-state index contributed by atoms with van der Waals surface area (Å²) in [5.74, 6) is 0. The van der Waals surface area contributed by atoms with E-state index in [9.17, 15) is 0 Å². The third-order valence-corrected chi connectivity index (χ3v) is 4.57. The number of benzene rings is 1. The topological polar surface area (TPSA) is 76.1 Å². The van der Waals surface area contributed by atoms with Crippen molar-refractivity contribution in [1.29, 1.82) is 0 Å². The van der Waals surface area contributed by atoms with Crippen LogP contribution in [-0.4, -0.2) is 53.5 Å². The van der Waals surface area contributed by atoms with Crippen LogP contribution in [0.15, 0.2) is 30.3 Å². The Hall–Kier alpha value is -1.92. The lowest BCUT2D eigenvalue weighted by molar-refractivity contribution is -0.0899. The first kappa shape index (κ1) is 22.1. The molecule has 0 saturated carbocycles. The molecule has 0 unspecified atom stereocenters. The van der Waals surface area contributed by atoms with Gasteiger partial charge in [0.05, 0.1) is 5.60 Å². The third-order valence-electron chi connectivity index (χ3n) is 4.57. The van der Waals surface area contributed by atoms with Crippen LogP contribution in [0.4, 0.5) is 4.79 Å². The Labute approximate surface area is 156 Å². The minimum atomic E-state index is -1.63. The van der Waals surface area contributed by atoms with Gasteiger partial charge in [-0.25, -0.2) is 9.59 Å². The van der Waals surface area contributed by atoms with Gasteiger partial charge in [0, 0.05) is 31.7 Å². The molecule has 0 aliphatic carbocycles. The van der Waals surface area contributed by atoms with Gasteiger partial charge >= 0.3 is 12.6 Å². The van der Waals surface area contributed by atoms with Crippen molar-refractivity contribution < 1.29 is 24.2 Å². The van der Waals surface area contributed by atoms with Crippen molar-refractivity contribution in [2.75, 3.05) is 19.7 Å². The highest BCUT2D eigenvalue weighted by Gasteiger charge is 2.37. The summed E-state index contributed by atoms with van der Waals surface area (Å²) in [7, 11) is 0. The van der Waals surface area contributed by atoms with E-state index in [0.29, 0.717) is 0 Å². The zero-order chi connectivity index (χ0) is 19.6. The van der Waals surface area contributed by atoms with E-state index in [4.69, 9.17) is 19.4 Å². The minimum absolute atomic E-state index is 0.0395. The summed E-state index contributed by atoms with van der Waals surface area (Å²) in [6.45, 7) is 12.8. The number of rotatable bonds is 5. The standard InChI is InChI=1S/C18H29NO.C2HO4/c1-5-20-18(15-16-9-7-6-8-10-16)11-13-19(14-12-18)17(2,3)4;3-1-6-2(4)5/h6-10H,5,11-15H2,1-4H3;(H,4,5). The number of hydrogen-bond donors (Lipinski definition) is 1. The van der Waals surface area contributed by atoms with Crippen LogP contribution < -0.4 is 0 Å². The summed E-state index contributed by atoms with van der Waals surface area (Å²) in [4.78, 5) is 20.6. The van der Waals surface area contributed by atoms with Gasteiger partial charge in [-0.05, 0) is 46.1 Å². The van der Waals surface area contributed by atoms with Gasteiger partial charge in [0.15, 0.2) is 0 Å². The first-order valence-electron chi connectivity index (χ1n) is 8.92. The molecule has 0 atom stereocenters. The molecule has 1 aliphatic heterocycles. The maximum atomic E-state index is 9.11. The van der Waals surface area contributed by atoms with Crippen molar-refractivity contribution in [3.63, 3.8) is 0 Å². The lowest BCUT2D eigenvalue weighted by Gasteiger charge is -2.46. The first-order valence-corrected chi connectivity index (χ1v) is 8.92. The zero-order valence-electron chi connectivity index (χ0n) is 16.2. The molecule has 6 nitrogen and oxygen atoms in total. The Bertz CT molecular complexity index is 545. The van der Waals surface area contributed by atoms with E-state index in [0.717, 1.165) is 45.4 Å². The highest BCUT2D eigenvalue weighted by atomic mass is 16.7. The smallest absolute Gasteiger partial charge is 0.449 e. The molecule has 2 rings (SSSR count). The van der Waals surface area contributed by atoms with Gasteiger partial charge in [0.2, 0.25) is 0 Å². The highest BCUT2D eigenvalue weighted by molar-refractivity contribution is 5.67. The van der Waals surface area contributed by atoms with Gasteiger partial charge in [0.1, 0.15) is 0 Å². The number of nitrogens with zero attached hydrogens (tertiary/aromatic N) is 1. The molecule has 1 N–H and O–H groups in total. The van der Waals surface area contributed by atoms with Gasteiger partial charge in [-0.2, -0.15) is 0 Å². The largest absolute Gasteiger partial charge is 0.514 e. The number of piperidine rings is 1. The second kappa shape index (κ2) is 10.3. The van der Waals surface area contributed by atoms with Crippen molar-refractivity contribution in [3.8, 4) is 0 Å². The zero-order valence-corrected chi connectivity index (χ0v) is 16.2. The summed E-state index contributed by atoms with van der Waals surface area (Å²) < 4.78 is 9.36. The Morgan fingerprint density at radius 1 is 1.23 bits per heavy atom. The van der Waals surface area contributed by atoms with Crippen LogP contribution in [0, 0.1) is 0 Å². The summed E-state index contributed by atoms with van der Waals surface area (Å²) >= 11 is 0. The molecule has 1 radical (unpaired) electrons. The highest BCUT2D eigenvalue weighted by Crippen LogP contribution is 2.32. The Morgan fingerprint density at radius 2 is 1.81 bits per heavy atom. The summed E-state index contributed by atoms with van der Waals surface area (Å²) in [6.07, 6.45) is 1.67. The lowest BCUT2D eigenvalue weighted by atomic mass is 9.83. The third kappa shape index (κ3) is 7.54. The van der Waals surface area contributed by atoms with Crippen LogP contribution in [0.25, 0.3) is 0 Å². The van der Waals surface area contributed by atoms with E-state index < -0.39 is 6.16 Å². The number of likely N-dealkylation sites (tertiary alicyclic amines) is 1. The molecule has 0 aromatic heterocycles. The van der Waals surface area contributed by atoms with Gasteiger partial charge in [-0.3, -0.25) is 4.90 Å². The SMILES string of the molecule is CCOC1(Cc2ccccc2)CCN(C(C)(C)C)CC1.O=[C]OC(=O)O. The molecule has 26 heavy (non-hydrogen) atoms. The average Bonchev–Trinajstić information content (AvgIpc) is 2.56. The second-order valence-corrected chi connectivity index (χ2v) is 7.39. The molecule has 1 fully saturated rings. The van der Waals surface area contributed by atoms with Crippen LogP contribution in [0.5, 0.6) is 0 Å². The predicted molar refractivity (Wildman–Crippen MR) is 99.9 cm³/mol. The molecule has 1 aromatic carbocycles. The van der Waals surface area contributed by atoms with Crippen LogP contribution >= 0.6 is 0 Å². The van der Waals surface area contributed by atoms with E-state index in [1.54, 1.807) is 0 Å². The summed E-state index contributed by atoms with van der Waals surface area (Å²) in [5, 5.41) is 7.43. The summed E-state index contributed by atoms with van der Waals surface area (Å²) in [5.41, 5.74) is 1.70. The molecular weight excluding hydrogens is 334 g/mol. The number of carbonyl (C=O) groups is 1. The van der Waals surface area contributed by atoms with E-state index in [1.165, 1.54) is 5.56 Å². The maximum absolute atomic E-state index is 9.11. The Kier molecular flexibility index (Phi) is 8.75. The van der Waals surface area contributed by atoms with Gasteiger partial charge < -0.3 is 14.6 Å². The quantitative estimate of drug-likeness (QED) is 0.635. The normalized spacial score (nSPS) is 16.9. The lowest BCUT2D eigenvalue weighted by Crippen LogP contribution is -2.53. The molecule has 145 valence electrons. The molecular formula is C20H30NO5. The second-order valence-electron chi connectivity index (χ2n) is 7.39. The minimum Gasteiger partial charge on any atom is -0.449 e. The maximum Gasteiger partial charge on any atom is 0.514 e. The average molecular weight is 364 g/mol. The summed E-state index contributed by atoms with van der Waals surface area (Å²) in [6, 6.07) is 10.8. The van der Waals surface area contributed by atoms with Crippen molar-refractivity contribution >= 4 is 12.6 Å². The van der Waals surface area contributed by atoms with Crippen LogP contribution in [0.2, 0.25) is 0 Å². The van der Waals surface area contributed by atoms with Gasteiger partial charge in [-0.15, -0.1) is 0 Å². The molecule has 0 bridgehead atoms. The van der Waals surface area contributed by atoms with Crippen molar-refractivity contribution in [3.05, 3.63) is 35.9 Å². The molecule has 6 heteroatoms. The first-order chi connectivity index (χ1) is 12.2. The number of carbonyl (C=O) groups excluding carboxylic acids is 1. The molecule has 1 heterocycles. The van der Waals surface area contributed by atoms with Crippen LogP contribution in [0.1, 0.15) is 46.1 Å². The van der Waals surface area contributed by atoms with E-state index in [1.807, 2.05) is 0 Å². The van der Waals surface area contributed by atoms with E-state index >= 15 is 0 Å². The van der Waals surface area contributed by atoms with Crippen molar-refractivity contribution in [2.45, 2.75) is 58.1 Å². The molecule has 1 aromatic rings. The molecule has 1 saturated heterocycles. The fourth-order valence-electron chi connectivity index (χ4n) is 3.27. The molecule has 0 amide bonds. The Balaban J connectivity index is 0.000000487. The predicted octanol–water partition coefficient (Wildman–Crippen LogP) is 3.65. The van der Waals surface area contributed by atoms with Crippen molar-refractivity contribution in [1.82, 2.24) is 4.90 Å². The van der Waals surface area contributed by atoms with Gasteiger partial charge in [-0.1, -0.05) is 30.3 Å². The number of carboxylic acid groups (broad SMARTS) is 1. The number of ether oxygens (including phenoxy) is 2. The van der Waals surface area contributed by atoms with Crippen LogP contribution in [0.3, 0.4) is 0 Å².